The van der Waals surface area contributed by atoms with E-state index in [1.165, 1.54) is 18.2 Å². The molecule has 0 fully saturated rings. The number of benzene rings is 1. The number of rotatable bonds is 7. The molecule has 0 aromatic heterocycles. The molecule has 20 heavy (non-hydrogen) atoms. The van der Waals surface area contributed by atoms with Crippen molar-refractivity contribution in [1.82, 2.24) is 5.32 Å². The summed E-state index contributed by atoms with van der Waals surface area (Å²) in [6.45, 7) is 3.61. The van der Waals surface area contributed by atoms with Crippen LogP contribution in [0.3, 0.4) is 0 Å². The highest BCUT2D eigenvalue weighted by molar-refractivity contribution is 6.33. The standard InChI is InChI=1S/C13H17ClN2O4/c1-2-20-7-3-6-15-13(19)16-9-4-5-11(14)10(8-9)12(17)18/h4-5,8H,2-3,6-7H2,1H3,(H,17,18)(H2,15,16,19). The number of carbonyl (C=O) groups excluding carboxylic acids is 1. The van der Waals surface area contributed by atoms with Crippen LogP contribution in [-0.4, -0.2) is 36.9 Å². The van der Waals surface area contributed by atoms with E-state index in [1.807, 2.05) is 6.92 Å². The first-order valence-electron chi connectivity index (χ1n) is 6.20. The van der Waals surface area contributed by atoms with Gasteiger partial charge in [-0.25, -0.2) is 9.59 Å². The summed E-state index contributed by atoms with van der Waals surface area (Å²) in [4.78, 5) is 22.5. The Morgan fingerprint density at radius 1 is 1.40 bits per heavy atom. The van der Waals surface area contributed by atoms with Crippen LogP contribution in [0.1, 0.15) is 23.7 Å². The van der Waals surface area contributed by atoms with Crippen LogP contribution in [0.25, 0.3) is 0 Å². The molecule has 0 aliphatic heterocycles. The van der Waals surface area contributed by atoms with Crippen LogP contribution in [-0.2, 0) is 4.74 Å². The first kappa shape index (κ1) is 16.3. The van der Waals surface area contributed by atoms with Gasteiger partial charge in [0.15, 0.2) is 0 Å². The highest BCUT2D eigenvalue weighted by atomic mass is 35.5. The van der Waals surface area contributed by atoms with E-state index in [4.69, 9.17) is 21.4 Å². The number of ether oxygens (including phenoxy) is 1. The molecule has 0 atom stereocenters. The van der Waals surface area contributed by atoms with Crippen LogP contribution in [0.2, 0.25) is 5.02 Å². The molecule has 0 unspecified atom stereocenters. The Balaban J connectivity index is 2.46. The highest BCUT2D eigenvalue weighted by Crippen LogP contribution is 2.20. The third-order valence-electron chi connectivity index (χ3n) is 2.41. The van der Waals surface area contributed by atoms with Gasteiger partial charge in [0.05, 0.1) is 10.6 Å². The SMILES string of the molecule is CCOCCCNC(=O)Nc1ccc(Cl)c(C(=O)O)c1. The number of aromatic carboxylic acids is 1. The maximum Gasteiger partial charge on any atom is 0.337 e. The summed E-state index contributed by atoms with van der Waals surface area (Å²) in [7, 11) is 0. The molecular weight excluding hydrogens is 284 g/mol. The van der Waals surface area contributed by atoms with Gasteiger partial charge >= 0.3 is 12.0 Å². The van der Waals surface area contributed by atoms with Gasteiger partial charge < -0.3 is 20.5 Å². The molecule has 1 aromatic rings. The number of halogens is 1. The minimum atomic E-state index is -1.14. The van der Waals surface area contributed by atoms with Crippen LogP contribution >= 0.6 is 11.6 Å². The molecule has 1 rings (SSSR count). The van der Waals surface area contributed by atoms with Gasteiger partial charge in [0.25, 0.3) is 0 Å². The summed E-state index contributed by atoms with van der Waals surface area (Å²) in [6, 6.07) is 3.87. The van der Waals surface area contributed by atoms with E-state index in [-0.39, 0.29) is 10.6 Å². The Morgan fingerprint density at radius 2 is 2.15 bits per heavy atom. The van der Waals surface area contributed by atoms with Gasteiger partial charge in [-0.2, -0.15) is 0 Å². The fraction of sp³-hybridized carbons (Fsp3) is 0.385. The molecule has 6 nitrogen and oxygen atoms in total. The van der Waals surface area contributed by atoms with Crippen LogP contribution < -0.4 is 10.6 Å². The van der Waals surface area contributed by atoms with Crippen molar-refractivity contribution in [3.63, 3.8) is 0 Å². The quantitative estimate of drug-likeness (QED) is 0.675. The number of carbonyl (C=O) groups is 2. The minimum absolute atomic E-state index is 0.0548. The van der Waals surface area contributed by atoms with Crippen LogP contribution in [0.15, 0.2) is 18.2 Å². The molecule has 0 spiro atoms. The third kappa shape index (κ3) is 5.46. The molecule has 110 valence electrons. The number of amides is 2. The van der Waals surface area contributed by atoms with E-state index in [1.54, 1.807) is 0 Å². The summed E-state index contributed by atoms with van der Waals surface area (Å²) >= 11 is 5.74. The van der Waals surface area contributed by atoms with Gasteiger partial charge in [-0.05, 0) is 31.5 Å². The molecule has 0 saturated heterocycles. The molecule has 0 radical (unpaired) electrons. The zero-order valence-electron chi connectivity index (χ0n) is 11.1. The predicted octanol–water partition coefficient (Wildman–Crippen LogP) is 2.59. The van der Waals surface area contributed by atoms with Crippen LogP contribution in [0, 0.1) is 0 Å². The van der Waals surface area contributed by atoms with E-state index in [0.717, 1.165) is 0 Å². The highest BCUT2D eigenvalue weighted by Gasteiger charge is 2.10. The molecule has 0 aliphatic carbocycles. The summed E-state index contributed by atoms with van der Waals surface area (Å²) in [5.74, 6) is -1.14. The lowest BCUT2D eigenvalue weighted by molar-refractivity contribution is 0.0697. The molecule has 0 saturated carbocycles. The lowest BCUT2D eigenvalue weighted by atomic mass is 10.2. The van der Waals surface area contributed by atoms with Crippen molar-refractivity contribution >= 4 is 29.3 Å². The Bertz CT molecular complexity index is 479. The van der Waals surface area contributed by atoms with Gasteiger partial charge in [0, 0.05) is 25.4 Å². The van der Waals surface area contributed by atoms with E-state index in [2.05, 4.69) is 10.6 Å². The molecular formula is C13H17ClN2O4. The largest absolute Gasteiger partial charge is 0.478 e. The number of carboxylic acid groups (broad SMARTS) is 1. The van der Waals surface area contributed by atoms with Crippen molar-refractivity contribution in [2.75, 3.05) is 25.1 Å². The van der Waals surface area contributed by atoms with E-state index >= 15 is 0 Å². The van der Waals surface area contributed by atoms with Crippen molar-refractivity contribution in [3.8, 4) is 0 Å². The molecule has 0 bridgehead atoms. The van der Waals surface area contributed by atoms with Gasteiger partial charge in [0.2, 0.25) is 0 Å². The van der Waals surface area contributed by atoms with Crippen molar-refractivity contribution in [1.29, 1.82) is 0 Å². The van der Waals surface area contributed by atoms with Crippen molar-refractivity contribution in [2.45, 2.75) is 13.3 Å². The second kappa shape index (κ2) is 8.39. The number of hydrogen-bond acceptors (Lipinski definition) is 3. The molecule has 1 aromatic carbocycles. The fourth-order valence-corrected chi connectivity index (χ4v) is 1.66. The Labute approximate surface area is 122 Å². The van der Waals surface area contributed by atoms with Crippen molar-refractivity contribution in [3.05, 3.63) is 28.8 Å². The maximum atomic E-state index is 11.6. The average molecular weight is 301 g/mol. The zero-order valence-corrected chi connectivity index (χ0v) is 11.9. The van der Waals surface area contributed by atoms with E-state index in [9.17, 15) is 9.59 Å². The molecule has 0 aliphatic rings. The van der Waals surface area contributed by atoms with E-state index < -0.39 is 12.0 Å². The van der Waals surface area contributed by atoms with Crippen molar-refractivity contribution < 1.29 is 19.4 Å². The number of carboxylic acids is 1. The summed E-state index contributed by atoms with van der Waals surface area (Å²) in [5.41, 5.74) is 0.315. The molecule has 0 heterocycles. The predicted molar refractivity (Wildman–Crippen MR) is 76.5 cm³/mol. The minimum Gasteiger partial charge on any atom is -0.478 e. The number of anilines is 1. The first-order chi connectivity index (χ1) is 9.54. The summed E-state index contributed by atoms with van der Waals surface area (Å²) in [6.07, 6.45) is 0.711. The van der Waals surface area contributed by atoms with Crippen LogP contribution in [0.4, 0.5) is 10.5 Å². The molecule has 2 amide bonds. The fourth-order valence-electron chi connectivity index (χ4n) is 1.46. The lowest BCUT2D eigenvalue weighted by Gasteiger charge is -2.09. The zero-order chi connectivity index (χ0) is 15.0. The number of urea groups is 1. The number of hydrogen-bond donors (Lipinski definition) is 3. The lowest BCUT2D eigenvalue weighted by Crippen LogP contribution is -2.30. The second-order valence-electron chi connectivity index (χ2n) is 3.93. The van der Waals surface area contributed by atoms with Gasteiger partial charge in [-0.1, -0.05) is 11.6 Å². The smallest absolute Gasteiger partial charge is 0.337 e. The monoisotopic (exact) mass is 300 g/mol. The summed E-state index contributed by atoms with van der Waals surface area (Å²) < 4.78 is 5.14. The second-order valence-corrected chi connectivity index (χ2v) is 4.34. The normalized spacial score (nSPS) is 10.1. The van der Waals surface area contributed by atoms with Gasteiger partial charge in [-0.15, -0.1) is 0 Å². The van der Waals surface area contributed by atoms with E-state index in [0.29, 0.717) is 31.9 Å². The maximum absolute atomic E-state index is 11.6. The number of nitrogens with one attached hydrogen (secondary N) is 2. The molecule has 7 heteroatoms. The van der Waals surface area contributed by atoms with Crippen molar-refractivity contribution in [2.24, 2.45) is 0 Å². The Kier molecular flexibility index (Phi) is 6.83. The molecule has 3 N–H and O–H groups in total. The summed E-state index contributed by atoms with van der Waals surface area (Å²) in [5, 5.41) is 14.2. The third-order valence-corrected chi connectivity index (χ3v) is 2.74. The van der Waals surface area contributed by atoms with Crippen LogP contribution in [0.5, 0.6) is 0 Å². The average Bonchev–Trinajstić information content (AvgIpc) is 2.40. The van der Waals surface area contributed by atoms with Gasteiger partial charge in [0.1, 0.15) is 0 Å². The Morgan fingerprint density at radius 3 is 2.80 bits per heavy atom. The Hall–Kier alpha value is -1.79. The topological polar surface area (TPSA) is 87.7 Å². The first-order valence-corrected chi connectivity index (χ1v) is 6.57. The van der Waals surface area contributed by atoms with Gasteiger partial charge in [-0.3, -0.25) is 0 Å².